The Balaban J connectivity index is 3.41. The molecule has 0 spiro atoms. The number of allylic oxidation sites excluding steroid dienone is 1. The highest BCUT2D eigenvalue weighted by atomic mass is 14.2. The van der Waals surface area contributed by atoms with Gasteiger partial charge in [0.25, 0.3) is 0 Å². The molecule has 0 aliphatic carbocycles. The van der Waals surface area contributed by atoms with E-state index in [-0.39, 0.29) is 0 Å². The molecule has 0 radical (unpaired) electrons. The minimum atomic E-state index is 0.893. The van der Waals surface area contributed by atoms with Gasteiger partial charge in [-0.25, -0.2) is 0 Å². The summed E-state index contributed by atoms with van der Waals surface area (Å²) in [4.78, 5) is 0. The standard InChI is InChI=1S/C12H24/c1-5-7-8-10-12(4)11(3)9-6-2/h5,11-12H,1,6-10H2,2-4H3. The third kappa shape index (κ3) is 5.40. The highest BCUT2D eigenvalue weighted by Crippen LogP contribution is 2.21. The molecule has 12 heavy (non-hydrogen) atoms. The van der Waals surface area contributed by atoms with E-state index in [2.05, 4.69) is 27.4 Å². The Hall–Kier alpha value is -0.260. The third-order valence-electron chi connectivity index (χ3n) is 2.78. The summed E-state index contributed by atoms with van der Waals surface area (Å²) < 4.78 is 0. The fourth-order valence-electron chi connectivity index (χ4n) is 1.61. The molecule has 0 aromatic rings. The molecule has 0 fully saturated rings. The largest absolute Gasteiger partial charge is 0.103 e. The topological polar surface area (TPSA) is 0 Å². The lowest BCUT2D eigenvalue weighted by Crippen LogP contribution is -2.07. The number of hydrogen-bond donors (Lipinski definition) is 0. The maximum Gasteiger partial charge on any atom is -0.0353 e. The Morgan fingerprint density at radius 1 is 1.17 bits per heavy atom. The third-order valence-corrected chi connectivity index (χ3v) is 2.78. The number of unbranched alkanes of at least 4 members (excludes halogenated alkanes) is 1. The van der Waals surface area contributed by atoms with Crippen LogP contribution < -0.4 is 0 Å². The van der Waals surface area contributed by atoms with E-state index in [1.165, 1.54) is 32.1 Å². The van der Waals surface area contributed by atoms with Gasteiger partial charge in [0.2, 0.25) is 0 Å². The predicted octanol–water partition coefficient (Wildman–Crippen LogP) is 4.42. The van der Waals surface area contributed by atoms with Crippen molar-refractivity contribution in [3.8, 4) is 0 Å². The van der Waals surface area contributed by atoms with Crippen molar-refractivity contribution < 1.29 is 0 Å². The molecular formula is C12H24. The molecule has 0 heterocycles. The van der Waals surface area contributed by atoms with E-state index in [1.54, 1.807) is 0 Å². The van der Waals surface area contributed by atoms with Crippen molar-refractivity contribution in [2.75, 3.05) is 0 Å². The first kappa shape index (κ1) is 11.7. The van der Waals surface area contributed by atoms with E-state index >= 15 is 0 Å². The van der Waals surface area contributed by atoms with E-state index < -0.39 is 0 Å². The maximum absolute atomic E-state index is 3.74. The molecule has 0 aliphatic rings. The lowest BCUT2D eigenvalue weighted by molar-refractivity contribution is 0.335. The predicted molar refractivity (Wildman–Crippen MR) is 57.3 cm³/mol. The molecule has 0 bridgehead atoms. The van der Waals surface area contributed by atoms with Crippen LogP contribution in [0, 0.1) is 11.8 Å². The van der Waals surface area contributed by atoms with Crippen molar-refractivity contribution in [3.05, 3.63) is 12.7 Å². The molecule has 0 N–H and O–H groups in total. The van der Waals surface area contributed by atoms with Crippen molar-refractivity contribution in [3.63, 3.8) is 0 Å². The van der Waals surface area contributed by atoms with Crippen LogP contribution in [0.15, 0.2) is 12.7 Å². The average Bonchev–Trinajstić information content (AvgIpc) is 2.05. The van der Waals surface area contributed by atoms with Gasteiger partial charge in [0.15, 0.2) is 0 Å². The van der Waals surface area contributed by atoms with Crippen LogP contribution in [0.4, 0.5) is 0 Å². The first-order valence-electron chi connectivity index (χ1n) is 5.33. The van der Waals surface area contributed by atoms with Gasteiger partial charge in [-0.15, -0.1) is 6.58 Å². The Bertz CT molecular complexity index is 105. The van der Waals surface area contributed by atoms with Crippen molar-refractivity contribution >= 4 is 0 Å². The number of rotatable bonds is 7. The highest BCUT2D eigenvalue weighted by molar-refractivity contribution is 4.68. The molecule has 2 atom stereocenters. The number of hydrogen-bond acceptors (Lipinski definition) is 0. The molecule has 0 aromatic carbocycles. The molecule has 0 heteroatoms. The Kier molecular flexibility index (Phi) is 7.23. The van der Waals surface area contributed by atoms with Crippen LogP contribution in [-0.4, -0.2) is 0 Å². The molecule has 0 aromatic heterocycles. The van der Waals surface area contributed by atoms with Gasteiger partial charge in [-0.2, -0.15) is 0 Å². The van der Waals surface area contributed by atoms with Gasteiger partial charge in [-0.05, 0) is 24.7 Å². The summed E-state index contributed by atoms with van der Waals surface area (Å²) in [6.45, 7) is 10.8. The summed E-state index contributed by atoms with van der Waals surface area (Å²) in [5, 5.41) is 0. The zero-order valence-corrected chi connectivity index (χ0v) is 8.97. The van der Waals surface area contributed by atoms with E-state index in [0.29, 0.717) is 0 Å². The van der Waals surface area contributed by atoms with Crippen molar-refractivity contribution in [1.29, 1.82) is 0 Å². The second-order valence-electron chi connectivity index (χ2n) is 3.96. The van der Waals surface area contributed by atoms with E-state index in [1.807, 2.05) is 6.08 Å². The zero-order valence-electron chi connectivity index (χ0n) is 8.97. The van der Waals surface area contributed by atoms with Gasteiger partial charge >= 0.3 is 0 Å². The van der Waals surface area contributed by atoms with Crippen LogP contribution in [0.25, 0.3) is 0 Å². The zero-order chi connectivity index (χ0) is 9.40. The molecule has 0 saturated heterocycles. The van der Waals surface area contributed by atoms with Crippen LogP contribution in [0.1, 0.15) is 52.9 Å². The Morgan fingerprint density at radius 2 is 1.75 bits per heavy atom. The van der Waals surface area contributed by atoms with Gasteiger partial charge in [-0.1, -0.05) is 46.1 Å². The van der Waals surface area contributed by atoms with Crippen LogP contribution in [0.5, 0.6) is 0 Å². The quantitative estimate of drug-likeness (QED) is 0.390. The molecule has 0 amide bonds. The van der Waals surface area contributed by atoms with E-state index in [4.69, 9.17) is 0 Å². The van der Waals surface area contributed by atoms with Crippen molar-refractivity contribution in [2.45, 2.75) is 52.9 Å². The van der Waals surface area contributed by atoms with Crippen LogP contribution >= 0.6 is 0 Å². The molecule has 2 unspecified atom stereocenters. The Labute approximate surface area is 78.1 Å². The van der Waals surface area contributed by atoms with Gasteiger partial charge in [-0.3, -0.25) is 0 Å². The van der Waals surface area contributed by atoms with Crippen molar-refractivity contribution in [1.82, 2.24) is 0 Å². The van der Waals surface area contributed by atoms with Gasteiger partial charge in [0.1, 0.15) is 0 Å². The van der Waals surface area contributed by atoms with E-state index in [0.717, 1.165) is 11.8 Å². The fourth-order valence-corrected chi connectivity index (χ4v) is 1.61. The van der Waals surface area contributed by atoms with Gasteiger partial charge in [0, 0.05) is 0 Å². The first-order chi connectivity index (χ1) is 5.72. The van der Waals surface area contributed by atoms with E-state index in [9.17, 15) is 0 Å². The molecule has 0 saturated carbocycles. The molecule has 0 nitrogen and oxygen atoms in total. The Morgan fingerprint density at radius 3 is 2.25 bits per heavy atom. The van der Waals surface area contributed by atoms with Crippen LogP contribution in [0.3, 0.4) is 0 Å². The normalized spacial score (nSPS) is 15.6. The maximum atomic E-state index is 3.74. The summed E-state index contributed by atoms with van der Waals surface area (Å²) in [5.41, 5.74) is 0. The minimum absolute atomic E-state index is 0.893. The summed E-state index contributed by atoms with van der Waals surface area (Å²) in [7, 11) is 0. The van der Waals surface area contributed by atoms with Gasteiger partial charge in [0.05, 0.1) is 0 Å². The van der Waals surface area contributed by atoms with Gasteiger partial charge < -0.3 is 0 Å². The SMILES string of the molecule is C=CCCCC(C)C(C)CCC. The lowest BCUT2D eigenvalue weighted by atomic mass is 9.88. The first-order valence-corrected chi connectivity index (χ1v) is 5.33. The second-order valence-corrected chi connectivity index (χ2v) is 3.96. The minimum Gasteiger partial charge on any atom is -0.103 e. The van der Waals surface area contributed by atoms with Crippen molar-refractivity contribution in [2.24, 2.45) is 11.8 Å². The van der Waals surface area contributed by atoms with Crippen LogP contribution in [0.2, 0.25) is 0 Å². The fraction of sp³-hybridized carbons (Fsp3) is 0.833. The second kappa shape index (κ2) is 7.39. The summed E-state index contributed by atoms with van der Waals surface area (Å²) >= 11 is 0. The van der Waals surface area contributed by atoms with Crippen LogP contribution in [-0.2, 0) is 0 Å². The smallest absolute Gasteiger partial charge is 0.0353 e. The summed E-state index contributed by atoms with van der Waals surface area (Å²) in [6, 6.07) is 0. The molecule has 0 rings (SSSR count). The average molecular weight is 168 g/mol. The highest BCUT2D eigenvalue weighted by Gasteiger charge is 2.09. The summed E-state index contributed by atoms with van der Waals surface area (Å²) in [5.74, 6) is 1.80. The lowest BCUT2D eigenvalue weighted by Gasteiger charge is -2.18. The monoisotopic (exact) mass is 168 g/mol. The molecular weight excluding hydrogens is 144 g/mol. The molecule has 72 valence electrons. The molecule has 0 aliphatic heterocycles. The summed E-state index contributed by atoms with van der Waals surface area (Å²) in [6.07, 6.45) is 8.61.